The van der Waals surface area contributed by atoms with Gasteiger partial charge in [0.15, 0.2) is 0 Å². The lowest BCUT2D eigenvalue weighted by molar-refractivity contribution is 0.220. The Labute approximate surface area is 92.1 Å². The minimum atomic E-state index is 0.882. The molecule has 1 aliphatic rings. The monoisotopic (exact) mass is 204 g/mol. The van der Waals surface area contributed by atoms with E-state index in [1.165, 1.54) is 43.5 Å². The van der Waals surface area contributed by atoms with Gasteiger partial charge in [0.1, 0.15) is 0 Å². The molecule has 0 spiro atoms. The molecule has 0 aromatic heterocycles. The fourth-order valence-electron chi connectivity index (χ4n) is 2.22. The predicted octanol–water partition coefficient (Wildman–Crippen LogP) is 2.56. The number of nitrogens with zero attached hydrogens (tertiary/aromatic N) is 1. The lowest BCUT2D eigenvalue weighted by Crippen LogP contribution is -2.29. The topological polar surface area (TPSA) is 29.3 Å². The molecule has 0 saturated carbocycles. The Morgan fingerprint density at radius 2 is 1.93 bits per heavy atom. The Bertz CT molecular complexity index is 327. The van der Waals surface area contributed by atoms with Crippen molar-refractivity contribution in [1.82, 2.24) is 4.90 Å². The van der Waals surface area contributed by atoms with E-state index in [0.717, 1.165) is 12.2 Å². The summed E-state index contributed by atoms with van der Waals surface area (Å²) in [6.07, 6.45) is 4.09. The fraction of sp³-hybridized carbons (Fsp3) is 0.538. The Balaban J connectivity index is 2.05. The van der Waals surface area contributed by atoms with Crippen molar-refractivity contribution in [3.05, 3.63) is 29.3 Å². The standard InChI is InChI=1S/C13H20N2/c1-11-5-6-13(14)9-12(11)10-15-7-3-2-4-8-15/h5-6,9H,2-4,7-8,10,14H2,1H3. The van der Waals surface area contributed by atoms with E-state index in [1.54, 1.807) is 0 Å². The SMILES string of the molecule is Cc1ccc(N)cc1CN1CCCCC1. The average molecular weight is 204 g/mol. The van der Waals surface area contributed by atoms with Gasteiger partial charge in [-0.15, -0.1) is 0 Å². The van der Waals surface area contributed by atoms with Crippen LogP contribution >= 0.6 is 0 Å². The molecule has 0 bridgehead atoms. The molecule has 0 amide bonds. The third kappa shape index (κ3) is 2.72. The molecule has 1 aromatic rings. The fourth-order valence-corrected chi connectivity index (χ4v) is 2.22. The van der Waals surface area contributed by atoms with E-state index in [0.29, 0.717) is 0 Å². The van der Waals surface area contributed by atoms with Gasteiger partial charge >= 0.3 is 0 Å². The van der Waals surface area contributed by atoms with Crippen molar-refractivity contribution in [2.45, 2.75) is 32.7 Å². The number of nitrogens with two attached hydrogens (primary N) is 1. The Kier molecular flexibility index (Phi) is 3.27. The van der Waals surface area contributed by atoms with Gasteiger partial charge in [0.25, 0.3) is 0 Å². The van der Waals surface area contributed by atoms with E-state index in [2.05, 4.69) is 24.0 Å². The van der Waals surface area contributed by atoms with Crippen LogP contribution in [-0.2, 0) is 6.54 Å². The van der Waals surface area contributed by atoms with Crippen LogP contribution in [0.2, 0.25) is 0 Å². The average Bonchev–Trinajstić information content (AvgIpc) is 2.25. The van der Waals surface area contributed by atoms with Crippen LogP contribution < -0.4 is 5.73 Å². The number of nitrogen functional groups attached to an aromatic ring is 1. The summed E-state index contributed by atoms with van der Waals surface area (Å²) in [5, 5.41) is 0. The van der Waals surface area contributed by atoms with Crippen LogP contribution in [0.3, 0.4) is 0 Å². The van der Waals surface area contributed by atoms with Crippen LogP contribution in [0.25, 0.3) is 0 Å². The van der Waals surface area contributed by atoms with Crippen LogP contribution in [0.15, 0.2) is 18.2 Å². The molecule has 0 aliphatic carbocycles. The first-order valence-corrected chi connectivity index (χ1v) is 5.83. The number of hydrogen-bond donors (Lipinski definition) is 1. The molecule has 0 atom stereocenters. The van der Waals surface area contributed by atoms with Crippen LogP contribution in [0.5, 0.6) is 0 Å². The maximum absolute atomic E-state index is 5.81. The van der Waals surface area contributed by atoms with Gasteiger partial charge < -0.3 is 5.73 Å². The molecule has 15 heavy (non-hydrogen) atoms. The second kappa shape index (κ2) is 4.67. The van der Waals surface area contributed by atoms with Gasteiger partial charge in [-0.2, -0.15) is 0 Å². The summed E-state index contributed by atoms with van der Waals surface area (Å²) >= 11 is 0. The highest BCUT2D eigenvalue weighted by Gasteiger charge is 2.11. The van der Waals surface area contributed by atoms with Gasteiger partial charge in [-0.05, 0) is 56.1 Å². The van der Waals surface area contributed by atoms with Crippen molar-refractivity contribution in [2.24, 2.45) is 0 Å². The van der Waals surface area contributed by atoms with Gasteiger partial charge in [0.05, 0.1) is 0 Å². The second-order valence-corrected chi connectivity index (χ2v) is 4.52. The molecule has 2 heteroatoms. The molecule has 1 fully saturated rings. The summed E-state index contributed by atoms with van der Waals surface area (Å²) in [6.45, 7) is 5.72. The zero-order valence-corrected chi connectivity index (χ0v) is 9.50. The molecule has 2 N–H and O–H groups in total. The summed E-state index contributed by atoms with van der Waals surface area (Å²) in [5.41, 5.74) is 9.44. The zero-order chi connectivity index (χ0) is 10.7. The van der Waals surface area contributed by atoms with Crippen molar-refractivity contribution in [1.29, 1.82) is 0 Å². The van der Waals surface area contributed by atoms with Gasteiger partial charge in [-0.25, -0.2) is 0 Å². The van der Waals surface area contributed by atoms with E-state index in [1.807, 2.05) is 6.07 Å². The van der Waals surface area contributed by atoms with Crippen molar-refractivity contribution in [3.8, 4) is 0 Å². The number of rotatable bonds is 2. The van der Waals surface area contributed by atoms with E-state index in [9.17, 15) is 0 Å². The van der Waals surface area contributed by atoms with Crippen molar-refractivity contribution in [3.63, 3.8) is 0 Å². The predicted molar refractivity (Wildman–Crippen MR) is 64.7 cm³/mol. The van der Waals surface area contributed by atoms with Gasteiger partial charge in [-0.1, -0.05) is 12.5 Å². The van der Waals surface area contributed by atoms with Crippen LogP contribution in [0, 0.1) is 6.92 Å². The second-order valence-electron chi connectivity index (χ2n) is 4.52. The highest BCUT2D eigenvalue weighted by molar-refractivity contribution is 5.44. The third-order valence-corrected chi connectivity index (χ3v) is 3.22. The first-order valence-electron chi connectivity index (χ1n) is 5.83. The van der Waals surface area contributed by atoms with Crippen LogP contribution in [0.1, 0.15) is 30.4 Å². The molecular formula is C13H20N2. The molecule has 0 radical (unpaired) electrons. The molecule has 2 nitrogen and oxygen atoms in total. The number of piperidine rings is 1. The number of anilines is 1. The largest absolute Gasteiger partial charge is 0.399 e. The molecule has 1 heterocycles. The molecule has 2 rings (SSSR count). The Morgan fingerprint density at radius 3 is 2.67 bits per heavy atom. The van der Waals surface area contributed by atoms with E-state index in [4.69, 9.17) is 5.73 Å². The molecule has 0 unspecified atom stereocenters. The van der Waals surface area contributed by atoms with Gasteiger partial charge in [0.2, 0.25) is 0 Å². The number of hydrogen-bond acceptors (Lipinski definition) is 2. The maximum Gasteiger partial charge on any atom is 0.0317 e. The number of aryl methyl sites for hydroxylation is 1. The van der Waals surface area contributed by atoms with Gasteiger partial charge in [0, 0.05) is 12.2 Å². The Morgan fingerprint density at radius 1 is 1.20 bits per heavy atom. The lowest BCUT2D eigenvalue weighted by Gasteiger charge is -2.27. The van der Waals surface area contributed by atoms with Crippen molar-refractivity contribution in [2.75, 3.05) is 18.8 Å². The minimum Gasteiger partial charge on any atom is -0.399 e. The van der Waals surface area contributed by atoms with E-state index >= 15 is 0 Å². The first-order chi connectivity index (χ1) is 7.25. The third-order valence-electron chi connectivity index (χ3n) is 3.22. The summed E-state index contributed by atoms with van der Waals surface area (Å²) in [5.74, 6) is 0. The maximum atomic E-state index is 5.81. The first kappa shape index (κ1) is 10.5. The smallest absolute Gasteiger partial charge is 0.0317 e. The van der Waals surface area contributed by atoms with E-state index in [-0.39, 0.29) is 0 Å². The van der Waals surface area contributed by atoms with Gasteiger partial charge in [-0.3, -0.25) is 4.90 Å². The molecule has 1 saturated heterocycles. The summed E-state index contributed by atoms with van der Waals surface area (Å²) in [4.78, 5) is 2.53. The van der Waals surface area contributed by atoms with Crippen LogP contribution in [-0.4, -0.2) is 18.0 Å². The minimum absolute atomic E-state index is 0.882. The molecule has 82 valence electrons. The molecule has 1 aromatic carbocycles. The molecule has 1 aliphatic heterocycles. The number of benzene rings is 1. The summed E-state index contributed by atoms with van der Waals surface area (Å²) < 4.78 is 0. The van der Waals surface area contributed by atoms with E-state index < -0.39 is 0 Å². The number of likely N-dealkylation sites (tertiary alicyclic amines) is 1. The quantitative estimate of drug-likeness (QED) is 0.750. The Hall–Kier alpha value is -1.02. The molecular weight excluding hydrogens is 184 g/mol. The van der Waals surface area contributed by atoms with Crippen molar-refractivity contribution < 1.29 is 0 Å². The highest BCUT2D eigenvalue weighted by Crippen LogP contribution is 2.17. The highest BCUT2D eigenvalue weighted by atomic mass is 15.1. The summed E-state index contributed by atoms with van der Waals surface area (Å²) in [6, 6.07) is 6.22. The van der Waals surface area contributed by atoms with Crippen LogP contribution in [0.4, 0.5) is 5.69 Å². The summed E-state index contributed by atoms with van der Waals surface area (Å²) in [7, 11) is 0. The normalized spacial score (nSPS) is 17.9. The van der Waals surface area contributed by atoms with Crippen molar-refractivity contribution >= 4 is 5.69 Å². The zero-order valence-electron chi connectivity index (χ0n) is 9.50. The lowest BCUT2D eigenvalue weighted by atomic mass is 10.1.